The maximum absolute atomic E-state index is 11.3. The topological polar surface area (TPSA) is 58.6 Å². The van der Waals surface area contributed by atoms with Gasteiger partial charge in [-0.2, -0.15) is 0 Å². The molecule has 0 spiro atoms. The van der Waals surface area contributed by atoms with E-state index in [-0.39, 0.29) is 12.1 Å². The zero-order valence-electron chi connectivity index (χ0n) is 11.1. The van der Waals surface area contributed by atoms with E-state index in [1.165, 1.54) is 12.8 Å². The van der Waals surface area contributed by atoms with Crippen molar-refractivity contribution in [3.8, 4) is 0 Å². The molecule has 19 heavy (non-hydrogen) atoms. The van der Waals surface area contributed by atoms with Crippen molar-refractivity contribution >= 4 is 11.7 Å². The number of hydrogen-bond acceptors (Lipinski definition) is 3. The van der Waals surface area contributed by atoms with Crippen molar-refractivity contribution in [2.45, 2.75) is 38.3 Å². The zero-order valence-corrected chi connectivity index (χ0v) is 11.1. The fraction of sp³-hybridized carbons (Fsp3) is 0.533. The van der Waals surface area contributed by atoms with Crippen LogP contribution in [0.5, 0.6) is 0 Å². The molecular formula is C15H19NO3. The molecule has 102 valence electrons. The van der Waals surface area contributed by atoms with Crippen LogP contribution in [0.3, 0.4) is 0 Å². The number of aryl methyl sites for hydroxylation is 1. The summed E-state index contributed by atoms with van der Waals surface area (Å²) in [5.74, 6) is -0.220. The summed E-state index contributed by atoms with van der Waals surface area (Å²) in [6.07, 6.45) is 3.68. The quantitative estimate of drug-likeness (QED) is 0.875. The van der Waals surface area contributed by atoms with Crippen LogP contribution in [0.1, 0.15) is 35.2 Å². The van der Waals surface area contributed by atoms with E-state index >= 15 is 0 Å². The van der Waals surface area contributed by atoms with E-state index in [2.05, 4.69) is 5.32 Å². The Bertz CT molecular complexity index is 496. The Balaban J connectivity index is 1.81. The van der Waals surface area contributed by atoms with E-state index in [4.69, 9.17) is 4.74 Å². The van der Waals surface area contributed by atoms with Gasteiger partial charge in [0.1, 0.15) is 0 Å². The Morgan fingerprint density at radius 2 is 2.16 bits per heavy atom. The number of carboxylic acids is 1. The first-order valence-corrected chi connectivity index (χ1v) is 6.87. The molecule has 1 aliphatic heterocycles. The van der Waals surface area contributed by atoms with Crippen LogP contribution in [0.4, 0.5) is 5.69 Å². The lowest BCUT2D eigenvalue weighted by molar-refractivity contribution is 0.0697. The number of nitrogens with one attached hydrogen (secondary N) is 1. The third-order valence-electron chi connectivity index (χ3n) is 3.97. The summed E-state index contributed by atoms with van der Waals surface area (Å²) in [6, 6.07) is 5.65. The first-order valence-electron chi connectivity index (χ1n) is 6.87. The van der Waals surface area contributed by atoms with E-state index in [1.807, 2.05) is 19.1 Å². The lowest BCUT2D eigenvalue weighted by atomic mass is 10.0. The molecule has 2 atom stereocenters. The van der Waals surface area contributed by atoms with Gasteiger partial charge in [0.25, 0.3) is 0 Å². The number of anilines is 1. The number of benzene rings is 1. The van der Waals surface area contributed by atoms with E-state index in [0.29, 0.717) is 17.2 Å². The van der Waals surface area contributed by atoms with Gasteiger partial charge in [0.15, 0.2) is 0 Å². The average Bonchev–Trinajstić information content (AvgIpc) is 3.10. The zero-order chi connectivity index (χ0) is 13.4. The van der Waals surface area contributed by atoms with Gasteiger partial charge < -0.3 is 15.2 Å². The van der Waals surface area contributed by atoms with E-state index in [1.54, 1.807) is 6.07 Å². The molecule has 2 unspecified atom stereocenters. The van der Waals surface area contributed by atoms with Gasteiger partial charge in [-0.1, -0.05) is 6.07 Å². The number of aromatic carboxylic acids is 1. The summed E-state index contributed by atoms with van der Waals surface area (Å²) in [6.45, 7) is 2.74. The van der Waals surface area contributed by atoms with Crippen molar-refractivity contribution in [2.24, 2.45) is 5.92 Å². The average molecular weight is 261 g/mol. The van der Waals surface area contributed by atoms with Gasteiger partial charge >= 0.3 is 5.97 Å². The smallest absolute Gasteiger partial charge is 0.337 e. The van der Waals surface area contributed by atoms with Crippen LogP contribution in [0.25, 0.3) is 0 Å². The number of carboxylic acid groups (broad SMARTS) is 1. The summed E-state index contributed by atoms with van der Waals surface area (Å²) in [4.78, 5) is 11.3. The molecule has 4 nitrogen and oxygen atoms in total. The molecule has 1 saturated carbocycles. The Kier molecular flexibility index (Phi) is 3.19. The molecule has 2 aliphatic rings. The maximum atomic E-state index is 11.3. The highest BCUT2D eigenvalue weighted by Gasteiger charge is 2.40. The van der Waals surface area contributed by atoms with Gasteiger partial charge in [-0.25, -0.2) is 4.79 Å². The van der Waals surface area contributed by atoms with Gasteiger partial charge in [0, 0.05) is 12.3 Å². The van der Waals surface area contributed by atoms with Crippen LogP contribution in [-0.2, 0) is 4.74 Å². The maximum Gasteiger partial charge on any atom is 0.337 e. The highest BCUT2D eigenvalue weighted by molar-refractivity contribution is 5.94. The van der Waals surface area contributed by atoms with Crippen LogP contribution in [0.15, 0.2) is 18.2 Å². The predicted molar refractivity (Wildman–Crippen MR) is 72.6 cm³/mol. The number of rotatable bonds is 4. The monoisotopic (exact) mass is 261 g/mol. The summed E-state index contributed by atoms with van der Waals surface area (Å²) < 4.78 is 5.78. The highest BCUT2D eigenvalue weighted by atomic mass is 16.5. The lowest BCUT2D eigenvalue weighted by Gasteiger charge is -2.22. The molecule has 0 amide bonds. The van der Waals surface area contributed by atoms with Crippen molar-refractivity contribution in [1.82, 2.24) is 0 Å². The fourth-order valence-electron chi connectivity index (χ4n) is 2.82. The molecule has 0 aromatic heterocycles. The molecule has 1 aromatic carbocycles. The van der Waals surface area contributed by atoms with Crippen molar-refractivity contribution in [3.05, 3.63) is 29.3 Å². The summed E-state index contributed by atoms with van der Waals surface area (Å²) >= 11 is 0. The van der Waals surface area contributed by atoms with Crippen LogP contribution in [-0.4, -0.2) is 29.8 Å². The first kappa shape index (κ1) is 12.5. The fourth-order valence-corrected chi connectivity index (χ4v) is 2.82. The number of hydrogen-bond donors (Lipinski definition) is 2. The number of ether oxygens (including phenoxy) is 1. The summed E-state index contributed by atoms with van der Waals surface area (Å²) in [5, 5.41) is 12.6. The molecule has 3 rings (SSSR count). The van der Waals surface area contributed by atoms with Crippen LogP contribution >= 0.6 is 0 Å². The molecule has 0 radical (unpaired) electrons. The Hall–Kier alpha value is -1.55. The third-order valence-corrected chi connectivity index (χ3v) is 3.97. The molecule has 1 aliphatic carbocycles. The van der Waals surface area contributed by atoms with E-state index in [0.717, 1.165) is 18.6 Å². The molecular weight excluding hydrogens is 242 g/mol. The Morgan fingerprint density at radius 3 is 2.84 bits per heavy atom. The Labute approximate surface area is 112 Å². The summed E-state index contributed by atoms with van der Waals surface area (Å²) in [5.41, 5.74) is 2.12. The molecule has 1 saturated heterocycles. The van der Waals surface area contributed by atoms with Crippen LogP contribution in [0, 0.1) is 12.8 Å². The second kappa shape index (κ2) is 4.85. The minimum Gasteiger partial charge on any atom is -0.478 e. The highest BCUT2D eigenvalue weighted by Crippen LogP contribution is 2.39. The predicted octanol–water partition coefficient (Wildman–Crippen LogP) is 2.67. The second-order valence-electron chi connectivity index (χ2n) is 5.57. The van der Waals surface area contributed by atoms with Gasteiger partial charge in [-0.3, -0.25) is 0 Å². The van der Waals surface area contributed by atoms with E-state index < -0.39 is 5.97 Å². The van der Waals surface area contributed by atoms with Crippen molar-refractivity contribution in [1.29, 1.82) is 0 Å². The SMILES string of the molecule is Cc1ccc(C(=O)O)c(NC2CCOC2C2CC2)c1. The molecule has 2 fully saturated rings. The van der Waals surface area contributed by atoms with Crippen LogP contribution < -0.4 is 5.32 Å². The van der Waals surface area contributed by atoms with Crippen molar-refractivity contribution in [3.63, 3.8) is 0 Å². The minimum atomic E-state index is -0.885. The lowest BCUT2D eigenvalue weighted by Crippen LogP contribution is -2.31. The molecule has 1 aromatic rings. The first-order chi connectivity index (χ1) is 9.15. The largest absolute Gasteiger partial charge is 0.478 e. The van der Waals surface area contributed by atoms with Gasteiger partial charge in [0.05, 0.1) is 17.7 Å². The van der Waals surface area contributed by atoms with Crippen molar-refractivity contribution in [2.75, 3.05) is 11.9 Å². The standard InChI is InChI=1S/C15H19NO3/c1-9-2-5-11(15(17)18)13(8-9)16-12-6-7-19-14(12)10-3-4-10/h2,5,8,10,12,14,16H,3-4,6-7H2,1H3,(H,17,18). The van der Waals surface area contributed by atoms with Crippen molar-refractivity contribution < 1.29 is 14.6 Å². The number of carbonyl (C=O) groups is 1. The Morgan fingerprint density at radius 1 is 1.37 bits per heavy atom. The normalized spacial score (nSPS) is 26.4. The van der Waals surface area contributed by atoms with Gasteiger partial charge in [0.2, 0.25) is 0 Å². The van der Waals surface area contributed by atoms with Gasteiger partial charge in [-0.15, -0.1) is 0 Å². The van der Waals surface area contributed by atoms with Crippen LogP contribution in [0.2, 0.25) is 0 Å². The molecule has 0 bridgehead atoms. The molecule has 1 heterocycles. The molecule has 4 heteroatoms. The van der Waals surface area contributed by atoms with Gasteiger partial charge in [-0.05, 0) is 49.8 Å². The van der Waals surface area contributed by atoms with E-state index in [9.17, 15) is 9.90 Å². The summed E-state index contributed by atoms with van der Waals surface area (Å²) in [7, 11) is 0. The second-order valence-corrected chi connectivity index (χ2v) is 5.57. The third kappa shape index (κ3) is 2.59. The molecule has 2 N–H and O–H groups in total. The minimum absolute atomic E-state index is 0.243.